The average Bonchev–Trinajstić information content (AvgIpc) is 3.31. The minimum atomic E-state index is -5.15. The lowest BCUT2D eigenvalue weighted by molar-refractivity contribution is -0.0580. The van der Waals surface area contributed by atoms with Crippen molar-refractivity contribution in [3.05, 3.63) is 53.9 Å². The maximum atomic E-state index is 13.0. The van der Waals surface area contributed by atoms with Gasteiger partial charge in [-0.15, -0.1) is 0 Å². The van der Waals surface area contributed by atoms with Gasteiger partial charge in [0.15, 0.2) is 11.5 Å². The van der Waals surface area contributed by atoms with E-state index in [1.807, 2.05) is 0 Å². The summed E-state index contributed by atoms with van der Waals surface area (Å²) in [7, 11) is -9.01. The topological polar surface area (TPSA) is 171 Å². The van der Waals surface area contributed by atoms with E-state index in [1.54, 1.807) is 0 Å². The number of ether oxygens (including phenoxy) is 3. The number of carbonyl (C=O) groups is 1. The Morgan fingerprint density at radius 3 is 2.39 bits per heavy atom. The summed E-state index contributed by atoms with van der Waals surface area (Å²) in [5, 5.41) is 7.69. The number of hydrogen-bond acceptors (Lipinski definition) is 10. The molecule has 2 aliphatic rings. The first-order chi connectivity index (χ1) is 16.5. The van der Waals surface area contributed by atoms with Crippen LogP contribution in [0.2, 0.25) is 0 Å². The zero-order valence-corrected chi connectivity index (χ0v) is 20.5. The molecule has 1 aromatic carbocycles. The predicted molar refractivity (Wildman–Crippen MR) is 127 cm³/mol. The zero-order chi connectivity index (χ0) is 25.3. The molecule has 2 aromatic rings. The summed E-state index contributed by atoms with van der Waals surface area (Å²) in [6.45, 7) is 0. The number of methoxy groups -OCH3 is 1. The molecule has 0 bridgehead atoms. The summed E-state index contributed by atoms with van der Waals surface area (Å²) in [5.74, 6) is -0.00249. The molecule has 1 aromatic heterocycles. The summed E-state index contributed by atoms with van der Waals surface area (Å²) >= 11 is 0. The molecular weight excluding hydrogens is 516 g/mol. The van der Waals surface area contributed by atoms with E-state index in [4.69, 9.17) is 23.3 Å². The molecule has 12 nitrogen and oxygen atoms in total. The summed E-state index contributed by atoms with van der Waals surface area (Å²) < 4.78 is 51.8. The first-order valence-corrected chi connectivity index (χ1v) is 13.9. The summed E-state index contributed by atoms with van der Waals surface area (Å²) in [6.07, 6.45) is 2.53. The van der Waals surface area contributed by atoms with E-state index < -0.39 is 39.1 Å². The van der Waals surface area contributed by atoms with Crippen LogP contribution in [0, 0.1) is 0 Å². The number of aliphatic hydroxyl groups is 1. The van der Waals surface area contributed by atoms with Crippen LogP contribution in [0.25, 0.3) is 0 Å². The minimum absolute atomic E-state index is 0. The number of rotatable bonds is 6. The second kappa shape index (κ2) is 11.0. The second-order valence-corrected chi connectivity index (χ2v) is 12.5. The van der Waals surface area contributed by atoms with Gasteiger partial charge in [0.25, 0.3) is 5.08 Å². The molecule has 1 aliphatic carbocycles. The van der Waals surface area contributed by atoms with Crippen LogP contribution in [0.5, 0.6) is 11.5 Å². The molecule has 198 valence electrons. The van der Waals surface area contributed by atoms with E-state index in [2.05, 4.69) is 4.98 Å². The number of pyridine rings is 1. The SMILES string of the molecule is C.COc1cc(C2OP(=O)(O)C(O)(Cc3cccnc3)P(=O)(O)O2)ccc1OC(=O)OC1CCCC1. The second-order valence-electron chi connectivity index (χ2n) is 8.18. The van der Waals surface area contributed by atoms with Crippen molar-refractivity contribution in [1.82, 2.24) is 4.98 Å². The van der Waals surface area contributed by atoms with Gasteiger partial charge in [-0.05, 0) is 55.5 Å². The normalized spacial score (nSPS) is 30.3. The van der Waals surface area contributed by atoms with Crippen LogP contribution in [0.3, 0.4) is 0 Å². The van der Waals surface area contributed by atoms with Gasteiger partial charge < -0.3 is 29.1 Å². The Bertz CT molecular complexity index is 1140. The molecule has 0 amide bonds. The maximum Gasteiger partial charge on any atom is 0.514 e. The lowest BCUT2D eigenvalue weighted by Crippen LogP contribution is -2.37. The van der Waals surface area contributed by atoms with Crippen molar-refractivity contribution in [3.63, 3.8) is 0 Å². The van der Waals surface area contributed by atoms with Gasteiger partial charge in [0.05, 0.1) is 7.11 Å². The van der Waals surface area contributed by atoms with E-state index >= 15 is 0 Å². The average molecular weight is 545 g/mol. The quantitative estimate of drug-likeness (QED) is 0.264. The van der Waals surface area contributed by atoms with Crippen LogP contribution in [0.4, 0.5) is 4.79 Å². The first-order valence-electron chi connectivity index (χ1n) is 10.7. The molecule has 3 N–H and O–H groups in total. The molecular formula is C22H29NO11P2. The van der Waals surface area contributed by atoms with E-state index in [1.165, 1.54) is 49.8 Å². The fourth-order valence-electron chi connectivity index (χ4n) is 3.88. The molecule has 1 saturated carbocycles. The highest BCUT2D eigenvalue weighted by Gasteiger charge is 2.67. The summed E-state index contributed by atoms with van der Waals surface area (Å²) in [5.41, 5.74) is 0.224. The predicted octanol–water partition coefficient (Wildman–Crippen LogP) is 4.49. The van der Waals surface area contributed by atoms with Crippen LogP contribution < -0.4 is 9.47 Å². The van der Waals surface area contributed by atoms with E-state index in [9.17, 15) is 28.8 Å². The summed E-state index contributed by atoms with van der Waals surface area (Å²) in [4.78, 5) is 36.9. The lowest BCUT2D eigenvalue weighted by Gasteiger charge is -2.41. The van der Waals surface area contributed by atoms with Crippen molar-refractivity contribution in [2.45, 2.75) is 57.0 Å². The number of aromatic nitrogens is 1. The van der Waals surface area contributed by atoms with Crippen molar-refractivity contribution in [3.8, 4) is 11.5 Å². The molecule has 1 saturated heterocycles. The minimum Gasteiger partial charge on any atom is -0.493 e. The van der Waals surface area contributed by atoms with E-state index in [0.717, 1.165) is 25.7 Å². The van der Waals surface area contributed by atoms with Gasteiger partial charge in [-0.2, -0.15) is 0 Å². The highest BCUT2D eigenvalue weighted by Crippen LogP contribution is 2.79. The van der Waals surface area contributed by atoms with Gasteiger partial charge in [-0.25, -0.2) is 4.79 Å². The monoisotopic (exact) mass is 545 g/mol. The van der Waals surface area contributed by atoms with Gasteiger partial charge in [-0.3, -0.25) is 23.2 Å². The number of benzene rings is 1. The van der Waals surface area contributed by atoms with E-state index in [0.29, 0.717) is 0 Å². The maximum absolute atomic E-state index is 13.0. The Labute approximate surface area is 208 Å². The van der Waals surface area contributed by atoms with Crippen molar-refractivity contribution in [2.75, 3.05) is 7.11 Å². The molecule has 2 fully saturated rings. The summed E-state index contributed by atoms with van der Waals surface area (Å²) in [6, 6.07) is 6.78. The van der Waals surface area contributed by atoms with Crippen molar-refractivity contribution in [1.29, 1.82) is 0 Å². The lowest BCUT2D eigenvalue weighted by atomic mass is 10.2. The van der Waals surface area contributed by atoms with Gasteiger partial charge in [0.1, 0.15) is 6.10 Å². The van der Waals surface area contributed by atoms with Crippen LogP contribution in [0.15, 0.2) is 42.7 Å². The molecule has 14 heteroatoms. The highest BCUT2D eigenvalue weighted by molar-refractivity contribution is 7.73. The third kappa shape index (κ3) is 5.65. The Kier molecular flexibility index (Phi) is 8.63. The zero-order valence-electron chi connectivity index (χ0n) is 18.7. The van der Waals surface area contributed by atoms with Gasteiger partial charge in [0, 0.05) is 24.4 Å². The Hall–Kier alpha value is -2.30. The van der Waals surface area contributed by atoms with Crippen molar-refractivity contribution in [2.24, 2.45) is 0 Å². The van der Waals surface area contributed by atoms with Crippen LogP contribution in [-0.4, -0.2) is 44.3 Å². The standard InChI is InChI=1S/C21H25NO11P2.CH4/c1-29-18-11-15(8-9-17(18)31-20(23)30-16-6-2-3-7-16)19-32-34(25,26)21(24,35(27,28)33-19)12-14-5-4-10-22-13-14;/h4-5,8-11,13,16,19,24H,2-3,6-7,12H2,1H3,(H,25,26)(H,27,28);1H4. The fraction of sp³-hybridized carbons (Fsp3) is 0.455. The van der Waals surface area contributed by atoms with Gasteiger partial charge in [0.2, 0.25) is 6.29 Å². The highest BCUT2D eigenvalue weighted by atomic mass is 31.2. The fourth-order valence-corrected chi connectivity index (χ4v) is 7.46. The third-order valence-electron chi connectivity index (χ3n) is 5.76. The Morgan fingerprint density at radius 2 is 1.81 bits per heavy atom. The molecule has 2 unspecified atom stereocenters. The van der Waals surface area contributed by atoms with Crippen LogP contribution in [-0.2, 0) is 29.3 Å². The van der Waals surface area contributed by atoms with Crippen molar-refractivity contribution < 1.29 is 52.1 Å². The van der Waals surface area contributed by atoms with Crippen molar-refractivity contribution >= 4 is 21.3 Å². The Morgan fingerprint density at radius 1 is 1.14 bits per heavy atom. The number of carbonyl (C=O) groups excluding carboxylic acids is 1. The largest absolute Gasteiger partial charge is 0.514 e. The third-order valence-corrected chi connectivity index (χ3v) is 10.4. The first kappa shape index (κ1) is 28.3. The smallest absolute Gasteiger partial charge is 0.493 e. The number of nitrogens with zero attached hydrogens (tertiary/aromatic N) is 1. The molecule has 0 radical (unpaired) electrons. The molecule has 4 rings (SSSR count). The van der Waals surface area contributed by atoms with E-state index in [-0.39, 0.29) is 36.2 Å². The molecule has 1 aliphatic heterocycles. The Balaban J connectivity index is 0.00000361. The van der Waals surface area contributed by atoms with Gasteiger partial charge in [-0.1, -0.05) is 13.5 Å². The van der Waals surface area contributed by atoms with Crippen LogP contribution in [0.1, 0.15) is 50.5 Å². The number of hydrogen-bond donors (Lipinski definition) is 3. The van der Waals surface area contributed by atoms with Gasteiger partial charge >= 0.3 is 21.3 Å². The molecule has 2 heterocycles. The molecule has 2 atom stereocenters. The van der Waals surface area contributed by atoms with Crippen LogP contribution >= 0.6 is 15.2 Å². The molecule has 0 spiro atoms. The molecule has 36 heavy (non-hydrogen) atoms.